The van der Waals surface area contributed by atoms with Crippen LogP contribution in [0.2, 0.25) is 0 Å². The van der Waals surface area contributed by atoms with Crippen LogP contribution in [-0.2, 0) is 9.53 Å². The van der Waals surface area contributed by atoms with E-state index in [1.165, 1.54) is 0 Å². The number of allylic oxidation sites excluding steroid dienone is 1. The molecule has 0 spiro atoms. The molecule has 5 nitrogen and oxygen atoms in total. The van der Waals surface area contributed by atoms with Crippen molar-refractivity contribution >= 4 is 29.3 Å². The number of thioether (sulfide) groups is 1. The summed E-state index contributed by atoms with van der Waals surface area (Å²) in [5, 5.41) is 0. The van der Waals surface area contributed by atoms with Gasteiger partial charge in [0.2, 0.25) is 0 Å². The molecule has 0 saturated heterocycles. The summed E-state index contributed by atoms with van der Waals surface area (Å²) in [5.41, 5.74) is 11.3. The molecule has 0 aliphatic carbocycles. The van der Waals surface area contributed by atoms with Crippen molar-refractivity contribution in [2.24, 2.45) is 5.73 Å². The molecule has 15 heavy (non-hydrogen) atoms. The summed E-state index contributed by atoms with van der Waals surface area (Å²) in [7, 11) is 1.68. The fraction of sp³-hybridized carbons (Fsp3) is 0.625. The van der Waals surface area contributed by atoms with Gasteiger partial charge in [0.1, 0.15) is 9.74 Å². The van der Waals surface area contributed by atoms with Gasteiger partial charge in [0.25, 0.3) is 0 Å². The van der Waals surface area contributed by atoms with E-state index in [1.807, 2.05) is 0 Å². The molecule has 4 N–H and O–H groups in total. The van der Waals surface area contributed by atoms with Crippen LogP contribution in [0.3, 0.4) is 0 Å². The van der Waals surface area contributed by atoms with Gasteiger partial charge in [-0.2, -0.15) is 0 Å². The lowest BCUT2D eigenvalue weighted by Crippen LogP contribution is -2.33. The van der Waals surface area contributed by atoms with Gasteiger partial charge in [-0.15, -0.1) is 0 Å². The summed E-state index contributed by atoms with van der Waals surface area (Å²) in [4.78, 5) is 11.3. The number of nitrogens with two attached hydrogens (primary N) is 1. The fourth-order valence-electron chi connectivity index (χ4n) is 0.745. The van der Waals surface area contributed by atoms with Crippen LogP contribution in [0.5, 0.6) is 0 Å². The maximum absolute atomic E-state index is 11.4. The van der Waals surface area contributed by atoms with Crippen LogP contribution < -0.4 is 16.6 Å². The molecule has 0 aromatic carbocycles. The van der Waals surface area contributed by atoms with Crippen LogP contribution in [0.15, 0.2) is 10.6 Å². The minimum absolute atomic E-state index is 0.308. The number of halogens is 1. The SMILES string of the molecule is CCOC(=O)/C(SC(Cl)NNC)=C(/C)N. The third-order valence-electron chi connectivity index (χ3n) is 1.30. The smallest absolute Gasteiger partial charge is 0.346 e. The average Bonchev–Trinajstić information content (AvgIpc) is 2.14. The van der Waals surface area contributed by atoms with Crippen molar-refractivity contribution in [3.63, 3.8) is 0 Å². The van der Waals surface area contributed by atoms with Crippen molar-refractivity contribution in [1.82, 2.24) is 10.9 Å². The topological polar surface area (TPSA) is 76.4 Å². The van der Waals surface area contributed by atoms with Gasteiger partial charge in [-0.3, -0.25) is 5.43 Å². The number of hydrogen-bond donors (Lipinski definition) is 3. The van der Waals surface area contributed by atoms with Gasteiger partial charge in [-0.1, -0.05) is 23.4 Å². The molecule has 0 fully saturated rings. The number of esters is 1. The van der Waals surface area contributed by atoms with Crippen LogP contribution >= 0.6 is 23.4 Å². The van der Waals surface area contributed by atoms with E-state index in [0.717, 1.165) is 11.8 Å². The maximum atomic E-state index is 11.4. The lowest BCUT2D eigenvalue weighted by Gasteiger charge is -2.13. The number of carbonyl (C=O) groups is 1. The first-order chi connectivity index (χ1) is 7.02. The van der Waals surface area contributed by atoms with E-state index in [-0.39, 0.29) is 0 Å². The Bertz CT molecular complexity index is 244. The predicted molar refractivity (Wildman–Crippen MR) is 62.9 cm³/mol. The van der Waals surface area contributed by atoms with Gasteiger partial charge in [0, 0.05) is 5.70 Å². The van der Waals surface area contributed by atoms with Crippen molar-refractivity contribution in [2.75, 3.05) is 13.7 Å². The highest BCUT2D eigenvalue weighted by molar-refractivity contribution is 8.05. The van der Waals surface area contributed by atoms with Crippen LogP contribution in [0.25, 0.3) is 0 Å². The minimum atomic E-state index is -0.493. The van der Waals surface area contributed by atoms with Crippen LogP contribution in [0.1, 0.15) is 13.8 Å². The molecule has 0 saturated carbocycles. The molecule has 0 amide bonds. The standard InChI is InChI=1S/C8H16ClN3O2S/c1-4-14-7(13)6(5(2)10)15-8(9)12-11-3/h8,11-12H,4,10H2,1-3H3/b6-5+. The van der Waals surface area contributed by atoms with Crippen molar-refractivity contribution in [2.45, 2.75) is 18.7 Å². The summed E-state index contributed by atoms with van der Waals surface area (Å²) in [6.07, 6.45) is 0. The highest BCUT2D eigenvalue weighted by atomic mass is 35.5. The monoisotopic (exact) mass is 253 g/mol. The van der Waals surface area contributed by atoms with Crippen LogP contribution in [0, 0.1) is 0 Å². The Kier molecular flexibility index (Phi) is 7.59. The van der Waals surface area contributed by atoms with E-state index in [4.69, 9.17) is 22.1 Å². The Morgan fingerprint density at radius 2 is 2.27 bits per heavy atom. The zero-order chi connectivity index (χ0) is 11.8. The van der Waals surface area contributed by atoms with E-state index in [0.29, 0.717) is 17.2 Å². The number of carbonyl (C=O) groups excluding carboxylic acids is 1. The summed E-state index contributed by atoms with van der Waals surface area (Å²) >= 11 is 6.95. The lowest BCUT2D eigenvalue weighted by molar-refractivity contribution is -0.137. The normalized spacial score (nSPS) is 14.4. The van der Waals surface area contributed by atoms with Crippen molar-refractivity contribution in [1.29, 1.82) is 0 Å². The summed E-state index contributed by atoms with van der Waals surface area (Å²) < 4.78 is 4.84. The van der Waals surface area contributed by atoms with Gasteiger partial charge in [0.15, 0.2) is 0 Å². The first kappa shape index (κ1) is 14.6. The maximum Gasteiger partial charge on any atom is 0.346 e. The first-order valence-corrected chi connectivity index (χ1v) is 5.71. The number of hydrazine groups is 1. The van der Waals surface area contributed by atoms with Gasteiger partial charge in [0.05, 0.1) is 6.61 Å². The Hall–Kier alpha value is -0.430. The number of nitrogens with one attached hydrogen (secondary N) is 2. The zero-order valence-corrected chi connectivity index (χ0v) is 10.5. The third-order valence-corrected chi connectivity index (χ3v) is 2.72. The molecule has 0 aromatic rings. The quantitative estimate of drug-likeness (QED) is 0.162. The van der Waals surface area contributed by atoms with Crippen LogP contribution in [0.4, 0.5) is 0 Å². The molecule has 0 radical (unpaired) electrons. The summed E-state index contributed by atoms with van der Waals surface area (Å²) in [5.74, 6) is -0.453. The number of alkyl halides is 1. The van der Waals surface area contributed by atoms with Gasteiger partial charge in [-0.25, -0.2) is 10.2 Å². The zero-order valence-electron chi connectivity index (χ0n) is 8.96. The molecule has 0 rings (SSSR count). The fourth-order valence-corrected chi connectivity index (χ4v) is 1.85. The molecule has 7 heteroatoms. The largest absolute Gasteiger partial charge is 0.462 e. The number of rotatable bonds is 6. The Labute approximate surface area is 98.7 Å². The molecule has 1 atom stereocenters. The van der Waals surface area contributed by atoms with Crippen molar-refractivity contribution < 1.29 is 9.53 Å². The molecule has 0 aliphatic heterocycles. The summed E-state index contributed by atoms with van der Waals surface area (Å²) in [6.45, 7) is 3.67. The Morgan fingerprint density at radius 1 is 1.67 bits per heavy atom. The van der Waals surface area contributed by atoms with Gasteiger partial charge < -0.3 is 10.5 Å². The van der Waals surface area contributed by atoms with E-state index in [9.17, 15) is 4.79 Å². The van der Waals surface area contributed by atoms with Crippen molar-refractivity contribution in [3.8, 4) is 0 Å². The highest BCUT2D eigenvalue weighted by Gasteiger charge is 2.17. The minimum Gasteiger partial charge on any atom is -0.462 e. The third kappa shape index (κ3) is 5.88. The van der Waals surface area contributed by atoms with Crippen molar-refractivity contribution in [3.05, 3.63) is 10.6 Å². The van der Waals surface area contributed by atoms with E-state index in [2.05, 4.69) is 10.9 Å². The molecule has 0 aromatic heterocycles. The molecule has 0 bridgehead atoms. The predicted octanol–water partition coefficient (Wildman–Crippen LogP) is 0.719. The molecular weight excluding hydrogens is 238 g/mol. The second kappa shape index (κ2) is 7.81. The lowest BCUT2D eigenvalue weighted by atomic mass is 10.4. The first-order valence-electron chi connectivity index (χ1n) is 4.39. The average molecular weight is 254 g/mol. The Morgan fingerprint density at radius 3 is 2.67 bits per heavy atom. The highest BCUT2D eigenvalue weighted by Crippen LogP contribution is 2.25. The molecule has 0 heterocycles. The van der Waals surface area contributed by atoms with Crippen LogP contribution in [-0.4, -0.2) is 24.5 Å². The second-order valence-electron chi connectivity index (χ2n) is 2.56. The van der Waals surface area contributed by atoms with E-state index >= 15 is 0 Å². The number of hydrogen-bond acceptors (Lipinski definition) is 6. The Balaban J connectivity index is 4.43. The van der Waals surface area contributed by atoms with Gasteiger partial charge in [-0.05, 0) is 20.9 Å². The number of ether oxygens (including phenoxy) is 1. The van der Waals surface area contributed by atoms with Gasteiger partial charge >= 0.3 is 5.97 Å². The molecule has 0 aliphatic rings. The van der Waals surface area contributed by atoms with E-state index < -0.39 is 10.8 Å². The second-order valence-corrected chi connectivity index (χ2v) is 4.37. The summed E-state index contributed by atoms with van der Waals surface area (Å²) in [6, 6.07) is 0. The molecule has 1 unspecified atom stereocenters. The van der Waals surface area contributed by atoms with E-state index in [1.54, 1.807) is 20.9 Å². The molecular formula is C8H16ClN3O2S. The molecule has 88 valence electrons.